The van der Waals surface area contributed by atoms with Gasteiger partial charge in [-0.3, -0.25) is 29.0 Å². The summed E-state index contributed by atoms with van der Waals surface area (Å²) in [6.45, 7) is -2.66. The molecule has 13 nitrogen and oxygen atoms in total. The number of nitrogens with zero attached hydrogens (tertiary/aromatic N) is 2. The molecule has 0 fully saturated rings. The Bertz CT molecular complexity index is 558. The lowest BCUT2D eigenvalue weighted by Crippen LogP contribution is -2.61. The lowest BCUT2D eigenvalue weighted by Gasteiger charge is -2.35. The van der Waals surface area contributed by atoms with Crippen LogP contribution >= 0.6 is 0 Å². The first-order valence-corrected chi connectivity index (χ1v) is 7.09. The van der Waals surface area contributed by atoms with Crippen LogP contribution in [-0.2, 0) is 24.0 Å². The molecule has 0 heterocycles. The molecule has 26 heavy (non-hydrogen) atoms. The van der Waals surface area contributed by atoms with Crippen molar-refractivity contribution < 1.29 is 54.6 Å². The Balaban J connectivity index is 5.53. The second-order valence-electron chi connectivity index (χ2n) is 5.56. The highest BCUT2D eigenvalue weighted by Crippen LogP contribution is 2.18. The van der Waals surface area contributed by atoms with E-state index in [0.29, 0.717) is 11.8 Å². The first-order chi connectivity index (χ1) is 11.8. The van der Waals surface area contributed by atoms with Crippen LogP contribution in [0.1, 0.15) is 6.92 Å². The molecule has 0 rings (SSSR count). The molecule has 0 bridgehead atoms. The summed E-state index contributed by atoms with van der Waals surface area (Å²) in [6.07, 6.45) is 0. The molecule has 2 unspecified atom stereocenters. The predicted molar refractivity (Wildman–Crippen MR) is 80.6 cm³/mol. The van der Waals surface area contributed by atoms with Gasteiger partial charge in [0.15, 0.2) is 5.60 Å². The quantitative estimate of drug-likeness (QED) is 0.190. The summed E-state index contributed by atoms with van der Waals surface area (Å²) in [6, 6.07) is -2.17. The molecule has 0 saturated carbocycles. The smallest absolute Gasteiger partial charge is 0.337 e. The van der Waals surface area contributed by atoms with E-state index < -0.39 is 74.2 Å². The van der Waals surface area contributed by atoms with Crippen molar-refractivity contribution in [2.75, 3.05) is 32.7 Å². The number of carboxylic acid groups (broad SMARTS) is 5. The highest BCUT2D eigenvalue weighted by Gasteiger charge is 2.48. The molecule has 0 aliphatic heterocycles. The standard InChI is InChI=1S/C13H20N2O11/c1-13(26,12(24)25)10(11(22)23)15(6-9(20)21)3-2-14(4-7(16)17)5-8(18)19/h10,26H,2-6H2,1H3,(H,16,17)(H,18,19)(H,20,21)(H,22,23)(H,24,25). The summed E-state index contributed by atoms with van der Waals surface area (Å²) in [5.74, 6) is -8.00. The van der Waals surface area contributed by atoms with Gasteiger partial charge >= 0.3 is 29.8 Å². The van der Waals surface area contributed by atoms with Gasteiger partial charge in [0.2, 0.25) is 0 Å². The van der Waals surface area contributed by atoms with Crippen molar-refractivity contribution in [3.05, 3.63) is 0 Å². The van der Waals surface area contributed by atoms with Crippen molar-refractivity contribution in [1.29, 1.82) is 0 Å². The van der Waals surface area contributed by atoms with Crippen molar-refractivity contribution in [3.63, 3.8) is 0 Å². The lowest BCUT2D eigenvalue weighted by molar-refractivity contribution is -0.175. The molecule has 0 saturated heterocycles. The molecule has 0 spiro atoms. The predicted octanol–water partition coefficient (Wildman–Crippen LogP) is -2.87. The van der Waals surface area contributed by atoms with E-state index >= 15 is 0 Å². The van der Waals surface area contributed by atoms with Gasteiger partial charge in [0, 0.05) is 13.1 Å². The summed E-state index contributed by atoms with van der Waals surface area (Å²) in [5.41, 5.74) is -2.86. The monoisotopic (exact) mass is 380 g/mol. The van der Waals surface area contributed by atoms with Crippen molar-refractivity contribution in [1.82, 2.24) is 9.80 Å². The number of aliphatic carboxylic acids is 5. The zero-order chi connectivity index (χ0) is 20.7. The Kier molecular flexibility index (Phi) is 8.62. The fraction of sp³-hybridized carbons (Fsp3) is 0.615. The number of hydrogen-bond donors (Lipinski definition) is 6. The van der Waals surface area contributed by atoms with Crippen LogP contribution in [0.2, 0.25) is 0 Å². The molecule has 0 radical (unpaired) electrons. The van der Waals surface area contributed by atoms with Crippen LogP contribution in [0, 0.1) is 0 Å². The fourth-order valence-corrected chi connectivity index (χ4v) is 2.21. The molecule has 0 amide bonds. The second-order valence-corrected chi connectivity index (χ2v) is 5.56. The van der Waals surface area contributed by atoms with E-state index in [-0.39, 0.29) is 0 Å². The van der Waals surface area contributed by atoms with Gasteiger partial charge in [0.05, 0.1) is 19.6 Å². The molecule has 6 N–H and O–H groups in total. The average molecular weight is 380 g/mol. The van der Waals surface area contributed by atoms with E-state index in [0.717, 1.165) is 4.90 Å². The van der Waals surface area contributed by atoms with Crippen molar-refractivity contribution in [2.24, 2.45) is 0 Å². The maximum Gasteiger partial charge on any atom is 0.337 e. The van der Waals surface area contributed by atoms with Gasteiger partial charge in [-0.15, -0.1) is 0 Å². The summed E-state index contributed by atoms with van der Waals surface area (Å²) >= 11 is 0. The Morgan fingerprint density at radius 1 is 0.808 bits per heavy atom. The third-order valence-electron chi connectivity index (χ3n) is 3.32. The summed E-state index contributed by atoms with van der Waals surface area (Å²) in [5, 5.41) is 54.6. The van der Waals surface area contributed by atoms with Crippen LogP contribution in [0.15, 0.2) is 0 Å². The van der Waals surface area contributed by atoms with Crippen LogP contribution in [0.5, 0.6) is 0 Å². The second kappa shape index (κ2) is 9.65. The van der Waals surface area contributed by atoms with Gasteiger partial charge in [-0.05, 0) is 6.92 Å². The van der Waals surface area contributed by atoms with E-state index in [9.17, 15) is 34.2 Å². The first-order valence-electron chi connectivity index (χ1n) is 7.09. The van der Waals surface area contributed by atoms with Crippen LogP contribution in [0.3, 0.4) is 0 Å². The van der Waals surface area contributed by atoms with E-state index in [1.54, 1.807) is 0 Å². The Morgan fingerprint density at radius 3 is 1.54 bits per heavy atom. The van der Waals surface area contributed by atoms with Gasteiger partial charge in [0.1, 0.15) is 6.04 Å². The van der Waals surface area contributed by atoms with E-state index in [1.165, 1.54) is 0 Å². The molecule has 0 aliphatic rings. The minimum atomic E-state index is -2.86. The molecular weight excluding hydrogens is 360 g/mol. The molecule has 0 aromatic rings. The topological polar surface area (TPSA) is 213 Å². The largest absolute Gasteiger partial charge is 0.480 e. The van der Waals surface area contributed by atoms with Crippen molar-refractivity contribution in [2.45, 2.75) is 18.6 Å². The highest BCUT2D eigenvalue weighted by molar-refractivity contribution is 5.88. The number of hydrogen-bond acceptors (Lipinski definition) is 8. The number of carboxylic acids is 5. The third kappa shape index (κ3) is 7.42. The number of rotatable bonds is 13. The molecule has 0 aromatic carbocycles. The van der Waals surface area contributed by atoms with Crippen LogP contribution in [0.25, 0.3) is 0 Å². The Morgan fingerprint density at radius 2 is 1.23 bits per heavy atom. The molecule has 13 heteroatoms. The van der Waals surface area contributed by atoms with Crippen LogP contribution < -0.4 is 0 Å². The minimum Gasteiger partial charge on any atom is -0.480 e. The zero-order valence-corrected chi connectivity index (χ0v) is 13.7. The highest BCUT2D eigenvalue weighted by atomic mass is 16.4. The molecule has 0 aliphatic carbocycles. The average Bonchev–Trinajstić information content (AvgIpc) is 2.41. The minimum absolute atomic E-state index is 0.397. The van der Waals surface area contributed by atoms with Gasteiger partial charge in [-0.25, -0.2) is 4.79 Å². The number of carbonyl (C=O) groups is 5. The van der Waals surface area contributed by atoms with Crippen molar-refractivity contribution >= 4 is 29.8 Å². The van der Waals surface area contributed by atoms with E-state index in [4.69, 9.17) is 20.4 Å². The van der Waals surface area contributed by atoms with Crippen molar-refractivity contribution in [3.8, 4) is 0 Å². The van der Waals surface area contributed by atoms with Gasteiger partial charge in [0.25, 0.3) is 0 Å². The lowest BCUT2D eigenvalue weighted by atomic mass is 9.95. The van der Waals surface area contributed by atoms with Gasteiger partial charge in [-0.1, -0.05) is 0 Å². The molecule has 148 valence electrons. The normalized spacial score (nSPS) is 14.6. The first kappa shape index (κ1) is 23.2. The SMILES string of the molecule is CC(O)(C(=O)O)C(C(=O)O)N(CCN(CC(=O)O)CC(=O)O)CC(=O)O. The summed E-state index contributed by atoms with van der Waals surface area (Å²) in [4.78, 5) is 56.5. The third-order valence-corrected chi connectivity index (χ3v) is 3.32. The molecular formula is C13H20N2O11. The van der Waals surface area contributed by atoms with Crippen LogP contribution in [-0.4, -0.2) is 115 Å². The van der Waals surface area contributed by atoms with Crippen LogP contribution in [0.4, 0.5) is 0 Å². The Labute approximate surface area is 146 Å². The maximum atomic E-state index is 11.4. The summed E-state index contributed by atoms with van der Waals surface area (Å²) < 4.78 is 0. The maximum absolute atomic E-state index is 11.4. The van der Waals surface area contributed by atoms with E-state index in [2.05, 4.69) is 0 Å². The van der Waals surface area contributed by atoms with E-state index in [1.807, 2.05) is 0 Å². The summed E-state index contributed by atoms with van der Waals surface area (Å²) in [7, 11) is 0. The van der Waals surface area contributed by atoms with Gasteiger partial charge < -0.3 is 30.6 Å². The fourth-order valence-electron chi connectivity index (χ4n) is 2.21. The van der Waals surface area contributed by atoms with Gasteiger partial charge in [-0.2, -0.15) is 0 Å². The zero-order valence-electron chi connectivity index (χ0n) is 13.7. The Hall–Kier alpha value is -2.77. The molecule has 0 aromatic heterocycles. The molecule has 2 atom stereocenters. The number of aliphatic hydroxyl groups is 1.